The van der Waals surface area contributed by atoms with Gasteiger partial charge in [0.05, 0.1) is 19.5 Å². The molecule has 0 bridgehead atoms. The van der Waals surface area contributed by atoms with E-state index in [1.54, 1.807) is 25.4 Å². The van der Waals surface area contributed by atoms with Gasteiger partial charge in [-0.25, -0.2) is 0 Å². The largest absolute Gasteiger partial charge is 0.852 e. The predicted molar refractivity (Wildman–Crippen MR) is 101 cm³/mol. The van der Waals surface area contributed by atoms with Crippen molar-refractivity contribution in [1.29, 1.82) is 0 Å². The predicted octanol–water partition coefficient (Wildman–Crippen LogP) is 4.23. The van der Waals surface area contributed by atoms with Crippen LogP contribution >= 0.6 is 0 Å². The highest BCUT2D eigenvalue weighted by Gasteiger charge is 2.61. The average Bonchev–Trinajstić information content (AvgIpc) is 2.95. The van der Waals surface area contributed by atoms with Crippen LogP contribution in [-0.4, -0.2) is 26.9 Å². The molecule has 0 aromatic heterocycles. The molecule has 0 saturated heterocycles. The molecule has 0 radical (unpaired) electrons. The lowest BCUT2D eigenvalue weighted by molar-refractivity contribution is -0.454. The third kappa shape index (κ3) is 2.46. The smallest absolute Gasteiger partial charge is 0.0959 e. The third-order valence-corrected chi connectivity index (χ3v) is 8.93. The molecule has 0 spiro atoms. The summed E-state index contributed by atoms with van der Waals surface area (Å²) in [5.74, 6) is 3.35. The first-order valence-electron chi connectivity index (χ1n) is 10.6. The first kappa shape index (κ1) is 18.6. The monoisotopic (exact) mass is 359 g/mol. The molecule has 4 rings (SSSR count). The highest BCUT2D eigenvalue weighted by molar-refractivity contribution is 5.33. The summed E-state index contributed by atoms with van der Waals surface area (Å²) in [4.78, 5) is 0. The highest BCUT2D eigenvalue weighted by atomic mass is 16.5. The molecule has 0 heterocycles. The quantitative estimate of drug-likeness (QED) is 0.706. The second-order valence-corrected chi connectivity index (χ2v) is 9.53. The van der Waals surface area contributed by atoms with Crippen molar-refractivity contribution in [2.45, 2.75) is 71.3 Å². The minimum Gasteiger partial charge on any atom is -0.852 e. The number of ether oxygens (including phenoxy) is 2. The maximum atomic E-state index is 12.8. The van der Waals surface area contributed by atoms with Gasteiger partial charge < -0.3 is 14.6 Å². The van der Waals surface area contributed by atoms with Gasteiger partial charge in [0, 0.05) is 13.5 Å². The molecule has 0 N–H and O–H groups in total. The summed E-state index contributed by atoms with van der Waals surface area (Å²) in [5, 5.41) is 12.8. The number of allylic oxidation sites excluding steroid dienone is 3. The van der Waals surface area contributed by atoms with Crippen LogP contribution in [0.2, 0.25) is 0 Å². The fourth-order valence-electron chi connectivity index (χ4n) is 7.49. The third-order valence-electron chi connectivity index (χ3n) is 8.93. The Kier molecular flexibility index (Phi) is 4.76. The van der Waals surface area contributed by atoms with Gasteiger partial charge >= 0.3 is 0 Å². The van der Waals surface area contributed by atoms with Crippen LogP contribution in [0.5, 0.6) is 0 Å². The molecule has 0 aromatic rings. The Morgan fingerprint density at radius 1 is 1.23 bits per heavy atom. The van der Waals surface area contributed by atoms with Crippen molar-refractivity contribution in [3.8, 4) is 0 Å². The minimum atomic E-state index is -0.547. The fraction of sp³-hybridized carbons (Fsp3) is 0.826. The molecule has 146 valence electrons. The van der Waals surface area contributed by atoms with Crippen LogP contribution in [0.1, 0.15) is 65.2 Å². The Hall–Kier alpha value is -0.800. The number of rotatable bonds is 4. The van der Waals surface area contributed by atoms with E-state index in [0.717, 1.165) is 36.9 Å². The topological polar surface area (TPSA) is 41.5 Å². The van der Waals surface area contributed by atoms with Gasteiger partial charge in [0.25, 0.3) is 0 Å². The van der Waals surface area contributed by atoms with Crippen molar-refractivity contribution >= 4 is 0 Å². The molecular formula is C23H35O3-. The number of hydrogen-bond donors (Lipinski definition) is 0. The van der Waals surface area contributed by atoms with Crippen molar-refractivity contribution < 1.29 is 14.6 Å². The number of methoxy groups -OCH3 is 2. The van der Waals surface area contributed by atoms with Crippen LogP contribution in [0.4, 0.5) is 0 Å². The van der Waals surface area contributed by atoms with E-state index in [-0.39, 0.29) is 10.8 Å². The lowest BCUT2D eigenvalue weighted by Gasteiger charge is -2.59. The molecule has 6 atom stereocenters. The second kappa shape index (κ2) is 6.67. The Labute approximate surface area is 158 Å². The molecule has 3 nitrogen and oxygen atoms in total. The number of fused-ring (bicyclic) bond motifs is 4. The summed E-state index contributed by atoms with van der Waals surface area (Å²) < 4.78 is 11.1. The van der Waals surface area contributed by atoms with E-state index in [1.807, 2.05) is 6.92 Å². The summed E-state index contributed by atoms with van der Waals surface area (Å²) in [7, 11) is 3.57. The molecule has 2 fully saturated rings. The van der Waals surface area contributed by atoms with Gasteiger partial charge in [0.15, 0.2) is 0 Å². The van der Waals surface area contributed by atoms with Gasteiger partial charge in [-0.1, -0.05) is 25.0 Å². The highest BCUT2D eigenvalue weighted by Crippen LogP contribution is 2.68. The van der Waals surface area contributed by atoms with Gasteiger partial charge in [-0.3, -0.25) is 0 Å². The van der Waals surface area contributed by atoms with Crippen LogP contribution < -0.4 is 5.11 Å². The first-order chi connectivity index (χ1) is 12.5. The molecule has 0 amide bonds. The van der Waals surface area contributed by atoms with Gasteiger partial charge in [-0.2, -0.15) is 0 Å². The number of hydrogen-bond acceptors (Lipinski definition) is 3. The molecule has 4 aliphatic rings. The second-order valence-electron chi connectivity index (χ2n) is 9.53. The van der Waals surface area contributed by atoms with Gasteiger partial charge in [-0.05, 0) is 79.6 Å². The molecule has 26 heavy (non-hydrogen) atoms. The van der Waals surface area contributed by atoms with Gasteiger partial charge in [-0.15, -0.1) is 6.10 Å². The summed E-state index contributed by atoms with van der Waals surface area (Å²) >= 11 is 0. The Bertz CT molecular complexity index is 619. The molecule has 2 saturated carbocycles. The summed E-state index contributed by atoms with van der Waals surface area (Å²) in [6.07, 6.45) is 11.1. The molecule has 0 aliphatic heterocycles. The van der Waals surface area contributed by atoms with E-state index in [2.05, 4.69) is 13.0 Å². The van der Waals surface area contributed by atoms with Crippen molar-refractivity contribution in [2.24, 2.45) is 28.6 Å². The lowest BCUT2D eigenvalue weighted by Crippen LogP contribution is -2.57. The van der Waals surface area contributed by atoms with Crippen molar-refractivity contribution in [1.82, 2.24) is 0 Å². The van der Waals surface area contributed by atoms with Crippen molar-refractivity contribution in [3.63, 3.8) is 0 Å². The summed E-state index contributed by atoms with van der Waals surface area (Å²) in [6.45, 7) is 4.95. The summed E-state index contributed by atoms with van der Waals surface area (Å²) in [5.41, 5.74) is 3.35. The Morgan fingerprint density at radius 2 is 2.04 bits per heavy atom. The molecular weight excluding hydrogens is 324 g/mol. The average molecular weight is 360 g/mol. The molecule has 0 aromatic carbocycles. The Morgan fingerprint density at radius 3 is 2.73 bits per heavy atom. The van der Waals surface area contributed by atoms with E-state index >= 15 is 0 Å². The first-order valence-corrected chi connectivity index (χ1v) is 10.6. The summed E-state index contributed by atoms with van der Waals surface area (Å²) in [6, 6.07) is 0. The van der Waals surface area contributed by atoms with Crippen LogP contribution in [-0.2, 0) is 9.47 Å². The van der Waals surface area contributed by atoms with Crippen LogP contribution in [0.3, 0.4) is 0 Å². The normalized spacial score (nSPS) is 43.3. The minimum absolute atomic E-state index is 0.144. The Balaban J connectivity index is 1.62. The van der Waals surface area contributed by atoms with E-state index in [0.29, 0.717) is 12.5 Å². The molecule has 3 heteroatoms. The zero-order valence-electron chi connectivity index (χ0n) is 17.0. The van der Waals surface area contributed by atoms with E-state index in [9.17, 15) is 5.11 Å². The SMILES string of the molecule is COC[C@]1([C@@H](C)[O-])CCC2C3CCC4=C(CC=C(OC)C4)C3CC[C@@]21C. The van der Waals surface area contributed by atoms with Crippen LogP contribution in [0.15, 0.2) is 23.0 Å². The zero-order valence-corrected chi connectivity index (χ0v) is 17.0. The molecule has 3 unspecified atom stereocenters. The standard InChI is InChI=1S/C23H35O3/c1-15(24)23(14-25-3)12-10-21-20-7-5-16-13-17(26-4)6-8-18(16)19(20)9-11-22(21,23)2/h6,15,19-21H,5,7-14H2,1-4H3/q-1/t15-,19?,20?,21?,22+,23+/m1/s1. The maximum Gasteiger partial charge on any atom is 0.0959 e. The van der Waals surface area contributed by atoms with Crippen LogP contribution in [0.25, 0.3) is 0 Å². The van der Waals surface area contributed by atoms with Crippen molar-refractivity contribution in [3.05, 3.63) is 23.0 Å². The van der Waals surface area contributed by atoms with Crippen LogP contribution in [0, 0.1) is 28.6 Å². The van der Waals surface area contributed by atoms with E-state index < -0.39 is 6.10 Å². The molecule has 4 aliphatic carbocycles. The van der Waals surface area contributed by atoms with Gasteiger partial charge in [0.2, 0.25) is 0 Å². The maximum absolute atomic E-state index is 12.8. The van der Waals surface area contributed by atoms with Crippen molar-refractivity contribution in [2.75, 3.05) is 20.8 Å². The van der Waals surface area contributed by atoms with E-state index in [1.165, 1.54) is 32.1 Å². The fourth-order valence-corrected chi connectivity index (χ4v) is 7.49. The van der Waals surface area contributed by atoms with E-state index in [4.69, 9.17) is 9.47 Å². The van der Waals surface area contributed by atoms with Gasteiger partial charge in [0.1, 0.15) is 0 Å². The lowest BCUT2D eigenvalue weighted by atomic mass is 9.49. The zero-order chi connectivity index (χ0) is 18.5.